The maximum absolute atomic E-state index is 13.9. The lowest BCUT2D eigenvalue weighted by atomic mass is 10.1. The predicted octanol–water partition coefficient (Wildman–Crippen LogP) is 2.63. The van der Waals surface area contributed by atoms with E-state index in [-0.39, 0.29) is 31.1 Å². The van der Waals surface area contributed by atoms with Gasteiger partial charge >= 0.3 is 6.18 Å². The molecule has 3 atom stereocenters. The molecule has 32 heavy (non-hydrogen) atoms. The van der Waals surface area contributed by atoms with Crippen molar-refractivity contribution in [3.8, 4) is 0 Å². The highest BCUT2D eigenvalue weighted by atomic mass is 19.4. The Morgan fingerprint density at radius 1 is 1.09 bits per heavy atom. The summed E-state index contributed by atoms with van der Waals surface area (Å²) >= 11 is 0. The fourth-order valence-corrected chi connectivity index (χ4v) is 4.81. The third-order valence-corrected chi connectivity index (χ3v) is 6.39. The predicted molar refractivity (Wildman–Crippen MR) is 111 cm³/mol. The Hall–Kier alpha value is -2.88. The van der Waals surface area contributed by atoms with Gasteiger partial charge in [-0.3, -0.25) is 14.2 Å². The third kappa shape index (κ3) is 3.87. The van der Waals surface area contributed by atoms with Crippen LogP contribution in [0.5, 0.6) is 0 Å². The molecule has 4 heterocycles. The van der Waals surface area contributed by atoms with Crippen LogP contribution in [0.3, 0.4) is 0 Å². The summed E-state index contributed by atoms with van der Waals surface area (Å²) in [6.45, 7) is 0.463. The van der Waals surface area contributed by atoms with Gasteiger partial charge < -0.3 is 14.5 Å². The number of Topliss-reactive ketones (excluding diaryl/α,β-unsaturated/α-hetero) is 1. The summed E-state index contributed by atoms with van der Waals surface area (Å²) < 4.78 is 48.8. The summed E-state index contributed by atoms with van der Waals surface area (Å²) in [4.78, 5) is 33.0. The van der Waals surface area contributed by atoms with Crippen LogP contribution in [-0.4, -0.2) is 59.4 Å². The summed E-state index contributed by atoms with van der Waals surface area (Å²) in [6, 6.07) is 7.66. The average Bonchev–Trinajstić information content (AvgIpc) is 3.11. The lowest BCUT2D eigenvalue weighted by molar-refractivity contribution is -0.152. The topological polar surface area (TPSA) is 67.7 Å². The van der Waals surface area contributed by atoms with Gasteiger partial charge in [0.2, 0.25) is 5.95 Å². The molecule has 3 aliphatic rings. The van der Waals surface area contributed by atoms with Gasteiger partial charge in [0.25, 0.3) is 5.56 Å². The number of ether oxygens (including phenoxy) is 1. The zero-order valence-corrected chi connectivity index (χ0v) is 17.3. The number of carbonyl (C=O) groups is 1. The Balaban J connectivity index is 1.53. The maximum atomic E-state index is 13.9. The van der Waals surface area contributed by atoms with E-state index in [4.69, 9.17) is 4.74 Å². The molecule has 2 saturated heterocycles. The summed E-state index contributed by atoms with van der Waals surface area (Å²) in [5.41, 5.74) is -0.101. The van der Waals surface area contributed by atoms with Crippen LogP contribution in [0.15, 0.2) is 41.2 Å². The Kier molecular flexibility index (Phi) is 5.19. The zero-order valence-electron chi connectivity index (χ0n) is 17.3. The van der Waals surface area contributed by atoms with Crippen LogP contribution >= 0.6 is 0 Å². The highest BCUT2D eigenvalue weighted by Crippen LogP contribution is 2.35. The number of carbonyl (C=O) groups excluding carboxylic acids is 1. The molecule has 3 unspecified atom stereocenters. The number of ketones is 1. The van der Waals surface area contributed by atoms with Crippen molar-refractivity contribution in [3.63, 3.8) is 0 Å². The van der Waals surface area contributed by atoms with Crippen LogP contribution in [-0.2, 0) is 11.3 Å². The van der Waals surface area contributed by atoms with Crippen molar-refractivity contribution >= 4 is 17.5 Å². The molecule has 2 bridgehead atoms. The first-order chi connectivity index (χ1) is 15.3. The second-order valence-corrected chi connectivity index (χ2v) is 8.53. The number of aromatic nitrogens is 2. The van der Waals surface area contributed by atoms with E-state index in [1.165, 1.54) is 10.6 Å². The van der Waals surface area contributed by atoms with Crippen molar-refractivity contribution in [2.45, 2.75) is 50.2 Å². The van der Waals surface area contributed by atoms with Crippen molar-refractivity contribution in [1.29, 1.82) is 0 Å². The zero-order chi connectivity index (χ0) is 22.5. The minimum Gasteiger partial charge on any atom is -0.371 e. The van der Waals surface area contributed by atoms with Gasteiger partial charge in [0.1, 0.15) is 11.9 Å². The van der Waals surface area contributed by atoms with E-state index in [1.807, 2.05) is 4.90 Å². The number of anilines is 2. The van der Waals surface area contributed by atoms with E-state index in [0.717, 1.165) is 17.7 Å². The number of morpholine rings is 1. The third-order valence-electron chi connectivity index (χ3n) is 6.39. The molecule has 0 spiro atoms. The monoisotopic (exact) mass is 448 g/mol. The van der Waals surface area contributed by atoms with E-state index >= 15 is 0 Å². The number of hydrogen-bond donors (Lipinski definition) is 0. The van der Waals surface area contributed by atoms with Gasteiger partial charge in [-0.05, 0) is 19.3 Å². The molecular weight excluding hydrogens is 425 g/mol. The van der Waals surface area contributed by atoms with Gasteiger partial charge in [-0.1, -0.05) is 30.3 Å². The molecule has 1 aromatic heterocycles. The number of fused-ring (bicyclic) bond motifs is 3. The molecule has 0 N–H and O–H groups in total. The average molecular weight is 448 g/mol. The van der Waals surface area contributed by atoms with E-state index in [0.29, 0.717) is 24.5 Å². The van der Waals surface area contributed by atoms with E-state index in [9.17, 15) is 22.8 Å². The van der Waals surface area contributed by atoms with E-state index in [2.05, 4.69) is 4.98 Å². The van der Waals surface area contributed by atoms with E-state index < -0.39 is 30.1 Å². The van der Waals surface area contributed by atoms with Gasteiger partial charge in [0.05, 0.1) is 18.8 Å². The van der Waals surface area contributed by atoms with Crippen LogP contribution in [0.2, 0.25) is 0 Å². The molecule has 2 fully saturated rings. The summed E-state index contributed by atoms with van der Waals surface area (Å²) in [5.74, 6) is -0.233. The largest absolute Gasteiger partial charge is 0.408 e. The van der Waals surface area contributed by atoms with E-state index in [1.54, 1.807) is 30.3 Å². The summed E-state index contributed by atoms with van der Waals surface area (Å²) in [7, 11) is 0. The maximum Gasteiger partial charge on any atom is 0.408 e. The van der Waals surface area contributed by atoms with Gasteiger partial charge in [-0.15, -0.1) is 0 Å². The lowest BCUT2D eigenvalue weighted by Gasteiger charge is -2.39. The second-order valence-electron chi connectivity index (χ2n) is 8.53. The molecule has 0 radical (unpaired) electrons. The Bertz CT molecular complexity index is 1060. The summed E-state index contributed by atoms with van der Waals surface area (Å²) in [5, 5.41) is 0. The van der Waals surface area contributed by atoms with Crippen molar-refractivity contribution < 1.29 is 22.7 Å². The lowest BCUT2D eigenvalue weighted by Crippen LogP contribution is -2.54. The molecular formula is C22H23F3N4O3. The number of halogens is 3. The smallest absolute Gasteiger partial charge is 0.371 e. The summed E-state index contributed by atoms with van der Waals surface area (Å²) in [6.07, 6.45) is -2.98. The first-order valence-electron chi connectivity index (χ1n) is 10.7. The molecule has 3 aliphatic heterocycles. The van der Waals surface area contributed by atoms with Crippen molar-refractivity contribution in [3.05, 3.63) is 52.3 Å². The fraction of sp³-hybridized carbons (Fsp3) is 0.500. The van der Waals surface area contributed by atoms with Crippen LogP contribution in [0, 0.1) is 0 Å². The standard InChI is InChI=1S/C22H23F3N4O3/c23-22(24,25)18-8-9-28-20(31)10-19(27-11-15-6-7-16(12-27)32-15)26-21(28)29(18)13-17(30)14-4-2-1-3-5-14/h1-5,10,15-16,18H,6-9,11-13H2. The highest BCUT2D eigenvalue weighted by molar-refractivity contribution is 5.99. The molecule has 0 amide bonds. The quantitative estimate of drug-likeness (QED) is 0.670. The normalized spacial score (nSPS) is 25.0. The Labute approximate surface area is 182 Å². The fourth-order valence-electron chi connectivity index (χ4n) is 4.81. The number of nitrogens with zero attached hydrogens (tertiary/aromatic N) is 4. The van der Waals surface area contributed by atoms with Crippen LogP contribution < -0.4 is 15.4 Å². The first kappa shape index (κ1) is 21.0. The van der Waals surface area contributed by atoms with Crippen molar-refractivity contribution in [2.24, 2.45) is 0 Å². The Morgan fingerprint density at radius 3 is 2.44 bits per heavy atom. The van der Waals surface area contributed by atoms with Crippen LogP contribution in [0.1, 0.15) is 29.6 Å². The number of hydrogen-bond acceptors (Lipinski definition) is 6. The molecule has 0 saturated carbocycles. The minimum absolute atomic E-state index is 0.0352. The highest BCUT2D eigenvalue weighted by Gasteiger charge is 2.47. The molecule has 0 aliphatic carbocycles. The number of rotatable bonds is 4. The van der Waals surface area contributed by atoms with Crippen LogP contribution in [0.4, 0.5) is 24.9 Å². The number of benzene rings is 1. The molecule has 1 aromatic carbocycles. The molecule has 7 nitrogen and oxygen atoms in total. The van der Waals surface area contributed by atoms with Gasteiger partial charge in [0, 0.05) is 31.3 Å². The van der Waals surface area contributed by atoms with Gasteiger partial charge in [-0.2, -0.15) is 18.2 Å². The molecule has 10 heteroatoms. The first-order valence-corrected chi connectivity index (χ1v) is 10.7. The number of alkyl halides is 3. The Morgan fingerprint density at radius 2 is 1.78 bits per heavy atom. The SMILES string of the molecule is O=C(CN1c2nc(N3CC4CCC(C3)O4)cc(=O)n2CCC1C(F)(F)F)c1ccccc1. The van der Waals surface area contributed by atoms with Crippen LogP contribution in [0.25, 0.3) is 0 Å². The molecule has 2 aromatic rings. The second kappa shape index (κ2) is 7.91. The van der Waals surface area contributed by atoms with Gasteiger partial charge in [-0.25, -0.2) is 0 Å². The molecule has 170 valence electrons. The van der Waals surface area contributed by atoms with Crippen molar-refractivity contribution in [2.75, 3.05) is 29.4 Å². The molecule has 5 rings (SSSR count). The van der Waals surface area contributed by atoms with Gasteiger partial charge in [0.15, 0.2) is 5.78 Å². The minimum atomic E-state index is -4.56. The van der Waals surface area contributed by atoms with Crippen molar-refractivity contribution in [1.82, 2.24) is 9.55 Å².